The highest BCUT2D eigenvalue weighted by Gasteiger charge is 2.28. The lowest BCUT2D eigenvalue weighted by Crippen LogP contribution is -2.47. The van der Waals surface area contributed by atoms with E-state index in [4.69, 9.17) is 0 Å². The first kappa shape index (κ1) is 10.8. The van der Waals surface area contributed by atoms with Crippen molar-refractivity contribution in [1.29, 1.82) is 0 Å². The lowest BCUT2D eigenvalue weighted by molar-refractivity contribution is 0.0885. The van der Waals surface area contributed by atoms with Gasteiger partial charge >= 0.3 is 0 Å². The summed E-state index contributed by atoms with van der Waals surface area (Å²) in [6, 6.07) is 10.6. The van der Waals surface area contributed by atoms with Crippen LogP contribution in [-0.4, -0.2) is 37.7 Å². The summed E-state index contributed by atoms with van der Waals surface area (Å²) >= 11 is 0. The minimum Gasteiger partial charge on any atom is -0.341 e. The van der Waals surface area contributed by atoms with E-state index in [1.54, 1.807) is 0 Å². The third kappa shape index (κ3) is 1.92. The maximum absolute atomic E-state index is 4.60. The molecule has 0 unspecified atom stereocenters. The van der Waals surface area contributed by atoms with Crippen molar-refractivity contribution in [3.63, 3.8) is 0 Å². The number of rotatable bonds is 3. The molecule has 0 saturated carbocycles. The highest BCUT2D eigenvalue weighted by molar-refractivity contribution is 5.74. The molecular weight excluding hydrogens is 238 g/mol. The predicted molar refractivity (Wildman–Crippen MR) is 72.6 cm³/mol. The molecule has 96 valence electrons. The van der Waals surface area contributed by atoms with E-state index in [1.165, 1.54) is 0 Å². The van der Waals surface area contributed by atoms with Crippen molar-refractivity contribution in [2.24, 2.45) is 0 Å². The monoisotopic (exact) mass is 253 g/mol. The van der Waals surface area contributed by atoms with Crippen molar-refractivity contribution in [1.82, 2.24) is 24.6 Å². The van der Waals surface area contributed by atoms with Gasteiger partial charge < -0.3 is 4.98 Å². The maximum Gasteiger partial charge on any atom is 0.121 e. The van der Waals surface area contributed by atoms with Crippen molar-refractivity contribution in [3.8, 4) is 0 Å². The molecule has 1 aliphatic heterocycles. The second kappa shape index (κ2) is 4.20. The van der Waals surface area contributed by atoms with Gasteiger partial charge in [0.1, 0.15) is 5.82 Å². The molecule has 0 bridgehead atoms. The van der Waals surface area contributed by atoms with E-state index < -0.39 is 0 Å². The maximum atomic E-state index is 4.60. The van der Waals surface area contributed by atoms with Gasteiger partial charge in [-0.05, 0) is 18.2 Å². The van der Waals surface area contributed by atoms with E-state index >= 15 is 0 Å². The van der Waals surface area contributed by atoms with Crippen molar-refractivity contribution in [3.05, 3.63) is 48.5 Å². The molecule has 1 saturated heterocycles. The summed E-state index contributed by atoms with van der Waals surface area (Å²) in [5.41, 5.74) is 2.16. The van der Waals surface area contributed by atoms with Gasteiger partial charge in [0.25, 0.3) is 0 Å². The van der Waals surface area contributed by atoms with Crippen LogP contribution in [0.1, 0.15) is 11.9 Å². The van der Waals surface area contributed by atoms with Crippen LogP contribution in [0.3, 0.4) is 0 Å². The van der Waals surface area contributed by atoms with Gasteiger partial charge in [-0.25, -0.2) is 4.98 Å². The molecule has 4 rings (SSSR count). The summed E-state index contributed by atoms with van der Waals surface area (Å²) < 4.78 is 2.04. The second-order valence-electron chi connectivity index (χ2n) is 5.03. The van der Waals surface area contributed by atoms with Gasteiger partial charge in [0.2, 0.25) is 0 Å². The Morgan fingerprint density at radius 1 is 1.21 bits per heavy atom. The number of nitrogens with zero attached hydrogens (tertiary/aromatic N) is 4. The van der Waals surface area contributed by atoms with Gasteiger partial charge in [0.15, 0.2) is 0 Å². The van der Waals surface area contributed by atoms with E-state index in [0.717, 1.165) is 36.5 Å². The second-order valence-corrected chi connectivity index (χ2v) is 5.03. The van der Waals surface area contributed by atoms with Gasteiger partial charge in [-0.1, -0.05) is 12.1 Å². The fraction of sp³-hybridized carbons (Fsp3) is 0.286. The van der Waals surface area contributed by atoms with Gasteiger partial charge in [0.05, 0.1) is 23.6 Å². The van der Waals surface area contributed by atoms with E-state index in [2.05, 4.69) is 26.0 Å². The number of benzene rings is 1. The van der Waals surface area contributed by atoms with Crippen molar-refractivity contribution < 1.29 is 0 Å². The van der Waals surface area contributed by atoms with E-state index in [1.807, 2.05) is 41.3 Å². The number of H-pyrrole nitrogens is 1. The highest BCUT2D eigenvalue weighted by atomic mass is 15.4. The molecule has 0 atom stereocenters. The van der Waals surface area contributed by atoms with Crippen LogP contribution >= 0.6 is 0 Å². The number of hydrogen-bond acceptors (Lipinski definition) is 3. The molecule has 1 fully saturated rings. The Kier molecular flexibility index (Phi) is 2.38. The third-order valence-corrected chi connectivity index (χ3v) is 3.65. The number of aromatic nitrogens is 4. The van der Waals surface area contributed by atoms with Gasteiger partial charge in [-0.15, -0.1) is 0 Å². The standard InChI is InChI=1S/C14H15N5/c1-2-5-13-12(4-1)16-14(17-13)10-18-8-11(9-18)19-7-3-6-15-19/h1-7,11H,8-10H2,(H,16,17). The molecule has 2 aromatic heterocycles. The number of aromatic amines is 1. The molecule has 1 aliphatic rings. The number of hydrogen-bond donors (Lipinski definition) is 1. The first-order chi connectivity index (χ1) is 9.38. The normalized spacial score (nSPS) is 16.8. The number of nitrogens with one attached hydrogen (secondary N) is 1. The third-order valence-electron chi connectivity index (χ3n) is 3.65. The van der Waals surface area contributed by atoms with Crippen LogP contribution in [0.4, 0.5) is 0 Å². The van der Waals surface area contributed by atoms with Crippen LogP contribution in [-0.2, 0) is 6.54 Å². The average Bonchev–Trinajstić information content (AvgIpc) is 3.01. The highest BCUT2D eigenvalue weighted by Crippen LogP contribution is 2.22. The molecule has 3 aromatic rings. The Labute approximate surface area is 110 Å². The van der Waals surface area contributed by atoms with E-state index in [-0.39, 0.29) is 0 Å². The number of imidazole rings is 1. The first-order valence-electron chi connectivity index (χ1n) is 6.53. The Balaban J connectivity index is 1.43. The van der Waals surface area contributed by atoms with Crippen LogP contribution in [0.15, 0.2) is 42.7 Å². The number of para-hydroxylation sites is 2. The molecule has 0 spiro atoms. The fourth-order valence-electron chi connectivity index (χ4n) is 2.63. The zero-order valence-corrected chi connectivity index (χ0v) is 10.5. The van der Waals surface area contributed by atoms with Crippen LogP contribution in [0.5, 0.6) is 0 Å². The summed E-state index contributed by atoms with van der Waals surface area (Å²) in [5, 5.41) is 4.28. The van der Waals surface area contributed by atoms with Gasteiger partial charge in [0, 0.05) is 25.5 Å². The molecule has 5 heteroatoms. The molecule has 1 N–H and O–H groups in total. The van der Waals surface area contributed by atoms with Crippen molar-refractivity contribution in [2.45, 2.75) is 12.6 Å². The summed E-state index contributed by atoms with van der Waals surface area (Å²) in [4.78, 5) is 10.4. The lowest BCUT2D eigenvalue weighted by atomic mass is 10.1. The SMILES string of the molecule is c1ccc2[nH]c(CN3CC(n4cccn4)C3)nc2c1. The first-order valence-corrected chi connectivity index (χ1v) is 6.53. The van der Waals surface area contributed by atoms with Crippen LogP contribution in [0.25, 0.3) is 11.0 Å². The van der Waals surface area contributed by atoms with Crippen LogP contribution in [0.2, 0.25) is 0 Å². The molecule has 3 heterocycles. The largest absolute Gasteiger partial charge is 0.341 e. The topological polar surface area (TPSA) is 49.7 Å². The quantitative estimate of drug-likeness (QED) is 0.774. The Morgan fingerprint density at radius 2 is 2.11 bits per heavy atom. The fourth-order valence-corrected chi connectivity index (χ4v) is 2.63. The van der Waals surface area contributed by atoms with Gasteiger partial charge in [-0.2, -0.15) is 5.10 Å². The summed E-state index contributed by atoms with van der Waals surface area (Å²) in [7, 11) is 0. The Hall–Kier alpha value is -2.14. The van der Waals surface area contributed by atoms with Crippen LogP contribution < -0.4 is 0 Å². The Morgan fingerprint density at radius 3 is 2.89 bits per heavy atom. The lowest BCUT2D eigenvalue weighted by Gasteiger charge is -2.38. The predicted octanol–water partition coefficient (Wildman–Crippen LogP) is 1.82. The summed E-state index contributed by atoms with van der Waals surface area (Å²) in [5.74, 6) is 1.04. The summed E-state index contributed by atoms with van der Waals surface area (Å²) in [6.45, 7) is 2.96. The molecule has 19 heavy (non-hydrogen) atoms. The summed E-state index contributed by atoms with van der Waals surface area (Å²) in [6.07, 6.45) is 3.87. The zero-order chi connectivity index (χ0) is 12.7. The molecular formula is C14H15N5. The minimum atomic E-state index is 0.513. The van der Waals surface area contributed by atoms with Crippen molar-refractivity contribution >= 4 is 11.0 Å². The zero-order valence-electron chi connectivity index (χ0n) is 10.5. The molecule has 5 nitrogen and oxygen atoms in total. The minimum absolute atomic E-state index is 0.513. The number of likely N-dealkylation sites (tertiary alicyclic amines) is 1. The molecule has 0 radical (unpaired) electrons. The molecule has 0 aliphatic carbocycles. The van der Waals surface area contributed by atoms with E-state index in [0.29, 0.717) is 6.04 Å². The average molecular weight is 253 g/mol. The van der Waals surface area contributed by atoms with Crippen LogP contribution in [0, 0.1) is 0 Å². The van der Waals surface area contributed by atoms with Crippen molar-refractivity contribution in [2.75, 3.05) is 13.1 Å². The van der Waals surface area contributed by atoms with E-state index in [9.17, 15) is 0 Å². The number of fused-ring (bicyclic) bond motifs is 1. The molecule has 1 aromatic carbocycles. The Bertz CT molecular complexity index is 646. The smallest absolute Gasteiger partial charge is 0.121 e. The van der Waals surface area contributed by atoms with Gasteiger partial charge in [-0.3, -0.25) is 9.58 Å². The molecule has 0 amide bonds.